The Morgan fingerprint density at radius 1 is 0.881 bits per heavy atom. The van der Waals surface area contributed by atoms with Crippen molar-refractivity contribution in [1.82, 2.24) is 35.3 Å². The number of rotatable bonds is 19. The number of nitrogens with zero attached hydrogens (tertiary/aromatic N) is 4. The number of imidazole rings is 1. The standard InChI is InChI=1S/C47H44ClF3N8O8/c48-31-15-17-34-36(25-31)55-46(54-34)59-44(64)33(41(57-59)29-11-13-30(14-12-29)47(49,50)51)16-10-28-8-6-27(7-9-28)3-2-22-66-23-24-67-26-39(61)53-21-20-52-35-5-1-4-32-40(35)45(65)58(43(32)63)37-18-19-38(60)56-42(37)62/h1,4-9,11-15,17,25,37,52,64H,2-3,10,16,18-24,26H2,(H,53,61)(H,54,55)(H,56,60,62). The van der Waals surface area contributed by atoms with Gasteiger partial charge in [-0.05, 0) is 85.7 Å². The molecule has 2 aromatic heterocycles. The molecule has 4 aromatic carbocycles. The topological polar surface area (TPSA) is 210 Å². The molecule has 1 atom stereocenters. The number of hydrogen-bond acceptors (Lipinski definition) is 11. The number of piperidine rings is 1. The van der Waals surface area contributed by atoms with Crippen molar-refractivity contribution in [1.29, 1.82) is 0 Å². The van der Waals surface area contributed by atoms with Gasteiger partial charge < -0.3 is 30.2 Å². The number of aromatic hydroxyl groups is 1. The molecule has 5 N–H and O–H groups in total. The summed E-state index contributed by atoms with van der Waals surface area (Å²) in [5.41, 5.74) is 4.35. The number of carbonyl (C=O) groups is 5. The van der Waals surface area contributed by atoms with Crippen LogP contribution in [0.25, 0.3) is 28.2 Å². The number of carbonyl (C=O) groups excluding carboxylic acids is 5. The molecule has 16 nitrogen and oxygen atoms in total. The lowest BCUT2D eigenvalue weighted by Crippen LogP contribution is -2.54. The third-order valence-electron chi connectivity index (χ3n) is 11.4. The van der Waals surface area contributed by atoms with Crippen molar-refractivity contribution in [2.24, 2.45) is 0 Å². The molecule has 2 aliphatic heterocycles. The van der Waals surface area contributed by atoms with Crippen LogP contribution in [0.3, 0.4) is 0 Å². The normalized spacial score (nSPS) is 15.0. The minimum absolute atomic E-state index is 0.0220. The number of amides is 5. The fraction of sp³-hybridized carbons (Fsp3) is 0.298. The van der Waals surface area contributed by atoms with Crippen molar-refractivity contribution in [3.63, 3.8) is 0 Å². The van der Waals surface area contributed by atoms with Gasteiger partial charge in [-0.3, -0.25) is 34.2 Å². The number of ether oxygens (including phenoxy) is 2. The summed E-state index contributed by atoms with van der Waals surface area (Å²) >= 11 is 6.14. The lowest BCUT2D eigenvalue weighted by molar-refractivity contribution is -0.138. The van der Waals surface area contributed by atoms with E-state index in [1.54, 1.807) is 30.3 Å². The van der Waals surface area contributed by atoms with E-state index in [1.807, 2.05) is 24.3 Å². The van der Waals surface area contributed by atoms with E-state index >= 15 is 0 Å². The lowest BCUT2D eigenvalue weighted by atomic mass is 9.99. The number of hydrogen-bond donors (Lipinski definition) is 5. The van der Waals surface area contributed by atoms with Gasteiger partial charge in [0, 0.05) is 48.0 Å². The number of aromatic amines is 1. The summed E-state index contributed by atoms with van der Waals surface area (Å²) in [4.78, 5) is 71.1. The van der Waals surface area contributed by atoms with Gasteiger partial charge in [-0.2, -0.15) is 23.0 Å². The second kappa shape index (κ2) is 20.2. The first kappa shape index (κ1) is 46.4. The summed E-state index contributed by atoms with van der Waals surface area (Å²) in [6.07, 6.45) is -2.09. The first-order valence-electron chi connectivity index (χ1n) is 21.5. The van der Waals surface area contributed by atoms with E-state index in [4.69, 9.17) is 21.1 Å². The molecule has 4 heterocycles. The number of aryl methyl sites for hydroxylation is 2. The average Bonchev–Trinajstić information content (AvgIpc) is 3.95. The molecule has 0 saturated carbocycles. The van der Waals surface area contributed by atoms with E-state index in [1.165, 1.54) is 22.9 Å². The van der Waals surface area contributed by atoms with Gasteiger partial charge in [0.05, 0.1) is 40.9 Å². The molecule has 0 aliphatic carbocycles. The Kier molecular flexibility index (Phi) is 14.0. The molecule has 0 bridgehead atoms. The van der Waals surface area contributed by atoms with Crippen molar-refractivity contribution >= 4 is 57.9 Å². The Labute approximate surface area is 385 Å². The summed E-state index contributed by atoms with van der Waals surface area (Å²) < 4.78 is 52.4. The maximum absolute atomic E-state index is 13.3. The number of alkyl halides is 3. The van der Waals surface area contributed by atoms with Crippen LogP contribution in [0.1, 0.15) is 62.2 Å². The van der Waals surface area contributed by atoms with Crippen molar-refractivity contribution in [3.8, 4) is 23.1 Å². The summed E-state index contributed by atoms with van der Waals surface area (Å²) in [6.45, 7) is 1.23. The zero-order chi connectivity index (χ0) is 47.2. The predicted octanol–water partition coefficient (Wildman–Crippen LogP) is 6.17. The van der Waals surface area contributed by atoms with Crippen molar-refractivity contribution in [2.75, 3.05) is 44.8 Å². The Morgan fingerprint density at radius 2 is 1.63 bits per heavy atom. The van der Waals surface area contributed by atoms with E-state index in [0.717, 1.165) is 41.0 Å². The van der Waals surface area contributed by atoms with Gasteiger partial charge in [0.1, 0.15) is 18.3 Å². The van der Waals surface area contributed by atoms with Gasteiger partial charge in [0.25, 0.3) is 11.8 Å². The monoisotopic (exact) mass is 940 g/mol. The molecule has 5 amide bonds. The Hall–Kier alpha value is -7.09. The SMILES string of the molecule is O=C(COCCOCCCc1ccc(CCc2c(-c3ccc(C(F)(F)F)cc3)nn(-c3nc4cc(Cl)ccc4[nH]3)c2O)cc1)NCCNc1cccc2c1C(=O)N(C1CCC(=O)NC1=O)C2=O. The second-order valence-electron chi connectivity index (χ2n) is 15.9. The summed E-state index contributed by atoms with van der Waals surface area (Å²) in [5.74, 6) is -2.69. The van der Waals surface area contributed by atoms with Crippen LogP contribution in [0, 0.1) is 0 Å². The number of H-pyrrole nitrogens is 1. The predicted molar refractivity (Wildman–Crippen MR) is 239 cm³/mol. The maximum atomic E-state index is 13.3. The highest BCUT2D eigenvalue weighted by Gasteiger charge is 2.45. The highest BCUT2D eigenvalue weighted by Crippen LogP contribution is 2.36. The Balaban J connectivity index is 0.742. The molecule has 67 heavy (non-hydrogen) atoms. The second-order valence-corrected chi connectivity index (χ2v) is 16.3. The molecule has 348 valence electrons. The molecule has 20 heteroatoms. The fourth-order valence-corrected chi connectivity index (χ4v) is 8.12. The maximum Gasteiger partial charge on any atom is 0.416 e. The molecule has 0 spiro atoms. The van der Waals surface area contributed by atoms with Crippen molar-refractivity contribution in [2.45, 2.75) is 50.7 Å². The molecular weight excluding hydrogens is 897 g/mol. The van der Waals surface area contributed by atoms with E-state index in [2.05, 4.69) is 31.0 Å². The summed E-state index contributed by atoms with van der Waals surface area (Å²) in [5, 5.41) is 24.5. The van der Waals surface area contributed by atoms with Crippen LogP contribution in [0.2, 0.25) is 5.02 Å². The van der Waals surface area contributed by atoms with Crippen LogP contribution in [0.4, 0.5) is 18.9 Å². The van der Waals surface area contributed by atoms with Crippen LogP contribution < -0.4 is 16.0 Å². The number of nitrogens with one attached hydrogen (secondary N) is 4. The number of anilines is 1. The number of fused-ring (bicyclic) bond motifs is 2. The van der Waals surface area contributed by atoms with Gasteiger partial charge in [-0.1, -0.05) is 54.1 Å². The van der Waals surface area contributed by atoms with Gasteiger partial charge >= 0.3 is 6.18 Å². The minimum Gasteiger partial charge on any atom is -0.493 e. The molecule has 1 fully saturated rings. The van der Waals surface area contributed by atoms with Gasteiger partial charge in [0.15, 0.2) is 0 Å². The summed E-state index contributed by atoms with van der Waals surface area (Å²) in [7, 11) is 0. The van der Waals surface area contributed by atoms with E-state index < -0.39 is 41.4 Å². The summed E-state index contributed by atoms with van der Waals surface area (Å²) in [6, 6.07) is 21.4. The molecule has 2 aliphatic rings. The first-order chi connectivity index (χ1) is 32.2. The fourth-order valence-electron chi connectivity index (χ4n) is 7.95. The highest BCUT2D eigenvalue weighted by molar-refractivity contribution is 6.31. The Bertz CT molecular complexity index is 2830. The molecule has 6 aromatic rings. The van der Waals surface area contributed by atoms with Crippen LogP contribution in [0.15, 0.2) is 84.9 Å². The van der Waals surface area contributed by atoms with Gasteiger partial charge in [-0.25, -0.2) is 4.98 Å². The quantitative estimate of drug-likeness (QED) is 0.0458. The zero-order valence-electron chi connectivity index (χ0n) is 35.8. The van der Waals surface area contributed by atoms with Crippen LogP contribution >= 0.6 is 11.6 Å². The van der Waals surface area contributed by atoms with Crippen LogP contribution in [-0.4, -0.2) is 105 Å². The van der Waals surface area contributed by atoms with Crippen LogP contribution in [0.5, 0.6) is 5.88 Å². The number of imide groups is 2. The third kappa shape index (κ3) is 10.6. The highest BCUT2D eigenvalue weighted by atomic mass is 35.5. The largest absolute Gasteiger partial charge is 0.493 e. The minimum atomic E-state index is -4.50. The average molecular weight is 941 g/mol. The van der Waals surface area contributed by atoms with E-state index in [0.29, 0.717) is 58.0 Å². The molecule has 0 radical (unpaired) electrons. The number of benzene rings is 4. The molecule has 1 unspecified atom stereocenters. The van der Waals surface area contributed by atoms with Gasteiger partial charge in [0.2, 0.25) is 29.5 Å². The lowest BCUT2D eigenvalue weighted by Gasteiger charge is -2.27. The zero-order valence-corrected chi connectivity index (χ0v) is 36.5. The first-order valence-corrected chi connectivity index (χ1v) is 21.9. The third-order valence-corrected chi connectivity index (χ3v) is 11.6. The number of aromatic nitrogens is 4. The van der Waals surface area contributed by atoms with Crippen molar-refractivity contribution in [3.05, 3.63) is 123 Å². The Morgan fingerprint density at radius 3 is 2.37 bits per heavy atom. The van der Waals surface area contributed by atoms with Crippen molar-refractivity contribution < 1.29 is 51.7 Å². The number of halogens is 4. The molecule has 8 rings (SSSR count). The van der Waals surface area contributed by atoms with E-state index in [-0.39, 0.29) is 74.6 Å². The van der Waals surface area contributed by atoms with E-state index in [9.17, 15) is 42.3 Å². The van der Waals surface area contributed by atoms with Gasteiger partial charge in [-0.15, -0.1) is 0 Å². The molecular formula is C47H44ClF3N8O8. The molecule has 1 saturated heterocycles. The smallest absolute Gasteiger partial charge is 0.416 e. The van der Waals surface area contributed by atoms with Crippen LogP contribution in [-0.2, 0) is 49.3 Å².